The molecule has 0 aliphatic rings. The van der Waals surface area contributed by atoms with Crippen LogP contribution in [-0.2, 0) is 4.57 Å². The Balaban J connectivity index is 3.09. The van der Waals surface area contributed by atoms with Gasteiger partial charge in [0, 0.05) is 44.8 Å². The van der Waals surface area contributed by atoms with E-state index in [9.17, 15) is 9.36 Å². The lowest BCUT2D eigenvalue weighted by Crippen LogP contribution is -2.34. The van der Waals surface area contributed by atoms with Crippen LogP contribution in [0, 0.1) is 0 Å². The fourth-order valence-corrected chi connectivity index (χ4v) is 5.36. The summed E-state index contributed by atoms with van der Waals surface area (Å²) in [6.45, 7) is 15.8. The van der Waals surface area contributed by atoms with Crippen LogP contribution in [0.3, 0.4) is 0 Å². The zero-order chi connectivity index (χ0) is 19.7. The monoisotopic (exact) mass is 383 g/mol. The van der Waals surface area contributed by atoms with Crippen LogP contribution in [0.15, 0.2) is 24.3 Å². The first-order chi connectivity index (χ1) is 12.4. The first-order valence-electron chi connectivity index (χ1n) is 9.61. The first kappa shape index (κ1) is 22.7. The predicted octanol–water partition coefficient (Wildman–Crippen LogP) is 4.34. The van der Waals surface area contributed by atoms with Crippen molar-refractivity contribution < 1.29 is 13.9 Å². The van der Waals surface area contributed by atoms with Crippen LogP contribution in [-0.4, -0.2) is 59.4 Å². The molecule has 0 spiro atoms. The van der Waals surface area contributed by atoms with Gasteiger partial charge in [-0.05, 0) is 38.1 Å². The minimum absolute atomic E-state index is 0.00258. The second-order valence-electron chi connectivity index (χ2n) is 5.86. The van der Waals surface area contributed by atoms with Crippen LogP contribution < -0.4 is 4.52 Å². The molecule has 0 bridgehead atoms. The number of carbonyl (C=O) groups excluding carboxylic acids is 1. The van der Waals surface area contributed by atoms with E-state index in [1.165, 1.54) is 0 Å². The minimum Gasteiger partial charge on any atom is -0.422 e. The summed E-state index contributed by atoms with van der Waals surface area (Å²) in [7, 11) is -3.16. The highest BCUT2D eigenvalue weighted by Crippen LogP contribution is 2.53. The number of benzene rings is 1. The highest BCUT2D eigenvalue weighted by molar-refractivity contribution is 7.54. The Morgan fingerprint density at radius 2 is 1.23 bits per heavy atom. The maximum Gasteiger partial charge on any atom is 0.395 e. The Hall–Kier alpha value is -1.36. The summed E-state index contributed by atoms with van der Waals surface area (Å²) in [6.07, 6.45) is 0. The number of carbonyl (C=O) groups is 1. The average Bonchev–Trinajstić information content (AvgIpc) is 2.65. The summed E-state index contributed by atoms with van der Waals surface area (Å²) < 4.78 is 23.4. The normalized spacial score (nSPS) is 11.8. The van der Waals surface area contributed by atoms with E-state index in [4.69, 9.17) is 4.52 Å². The zero-order valence-corrected chi connectivity index (χ0v) is 18.0. The summed E-state index contributed by atoms with van der Waals surface area (Å²) in [4.78, 5) is 14.2. The maximum absolute atomic E-state index is 13.7. The van der Waals surface area contributed by atoms with E-state index in [0.29, 0.717) is 50.6 Å². The van der Waals surface area contributed by atoms with Gasteiger partial charge in [0.15, 0.2) is 0 Å². The van der Waals surface area contributed by atoms with Gasteiger partial charge >= 0.3 is 7.67 Å². The molecule has 0 N–H and O–H groups in total. The van der Waals surface area contributed by atoms with Crippen molar-refractivity contribution in [1.82, 2.24) is 14.2 Å². The Morgan fingerprint density at radius 3 is 1.58 bits per heavy atom. The van der Waals surface area contributed by atoms with Crippen LogP contribution in [0.4, 0.5) is 0 Å². The topological polar surface area (TPSA) is 53.1 Å². The Kier molecular flexibility index (Phi) is 9.34. The molecule has 1 aromatic rings. The molecule has 0 aromatic heterocycles. The molecule has 7 heteroatoms. The molecule has 26 heavy (non-hydrogen) atoms. The molecule has 0 radical (unpaired) electrons. The summed E-state index contributed by atoms with van der Waals surface area (Å²) in [5.41, 5.74) is 0.613. The van der Waals surface area contributed by atoms with Gasteiger partial charge in [-0.15, -0.1) is 0 Å². The molecule has 1 rings (SSSR count). The summed E-state index contributed by atoms with van der Waals surface area (Å²) in [6, 6.07) is 6.95. The van der Waals surface area contributed by atoms with E-state index in [2.05, 4.69) is 0 Å². The first-order valence-corrected chi connectivity index (χ1v) is 11.1. The van der Waals surface area contributed by atoms with E-state index in [1.807, 2.05) is 50.9 Å². The highest BCUT2D eigenvalue weighted by Gasteiger charge is 2.37. The van der Waals surface area contributed by atoms with Crippen LogP contribution in [0.5, 0.6) is 5.75 Å². The van der Waals surface area contributed by atoms with Gasteiger partial charge in [-0.25, -0.2) is 13.9 Å². The summed E-state index contributed by atoms with van der Waals surface area (Å²) >= 11 is 0. The molecule has 0 fully saturated rings. The molecule has 0 saturated heterocycles. The molecule has 148 valence electrons. The third-order valence-corrected chi connectivity index (χ3v) is 7.56. The molecule has 0 saturated carbocycles. The van der Waals surface area contributed by atoms with Gasteiger partial charge in [0.05, 0.1) is 0 Å². The van der Waals surface area contributed by atoms with Gasteiger partial charge in [0.25, 0.3) is 5.91 Å². The van der Waals surface area contributed by atoms with Gasteiger partial charge in [-0.3, -0.25) is 4.79 Å². The number of nitrogens with zero attached hydrogens (tertiary/aromatic N) is 3. The van der Waals surface area contributed by atoms with Crippen LogP contribution >= 0.6 is 7.67 Å². The van der Waals surface area contributed by atoms with Crippen molar-refractivity contribution in [2.75, 3.05) is 39.3 Å². The van der Waals surface area contributed by atoms with Crippen LogP contribution in [0.2, 0.25) is 0 Å². The molecular formula is C19H34N3O3P. The number of rotatable bonds is 11. The van der Waals surface area contributed by atoms with Gasteiger partial charge in [-0.2, -0.15) is 0 Å². The van der Waals surface area contributed by atoms with E-state index in [-0.39, 0.29) is 5.91 Å². The minimum atomic E-state index is -3.16. The maximum atomic E-state index is 13.7. The number of hydrogen-bond donors (Lipinski definition) is 0. The van der Waals surface area contributed by atoms with Crippen molar-refractivity contribution in [3.05, 3.63) is 29.8 Å². The molecule has 1 aromatic carbocycles. The largest absolute Gasteiger partial charge is 0.422 e. The van der Waals surface area contributed by atoms with Crippen molar-refractivity contribution in [1.29, 1.82) is 0 Å². The zero-order valence-electron chi connectivity index (χ0n) is 17.1. The summed E-state index contributed by atoms with van der Waals surface area (Å²) in [5.74, 6) is 0.514. The van der Waals surface area contributed by atoms with Gasteiger partial charge in [-0.1, -0.05) is 27.7 Å². The molecule has 1 amide bonds. The predicted molar refractivity (Wildman–Crippen MR) is 108 cm³/mol. The fraction of sp³-hybridized carbons (Fsp3) is 0.632. The molecular weight excluding hydrogens is 349 g/mol. The lowest BCUT2D eigenvalue weighted by atomic mass is 10.2. The second kappa shape index (κ2) is 10.7. The lowest BCUT2D eigenvalue weighted by Gasteiger charge is -2.36. The SMILES string of the molecule is CCN(CC)C(=O)c1ccc(OP(=O)(N(CC)CC)N(CC)CC)cc1. The number of amides is 1. The van der Waals surface area contributed by atoms with E-state index >= 15 is 0 Å². The molecule has 0 unspecified atom stereocenters. The molecule has 0 atom stereocenters. The molecule has 0 aliphatic carbocycles. The van der Waals surface area contributed by atoms with Crippen molar-refractivity contribution in [2.24, 2.45) is 0 Å². The average molecular weight is 383 g/mol. The quantitative estimate of drug-likeness (QED) is 0.532. The van der Waals surface area contributed by atoms with E-state index in [1.54, 1.807) is 29.2 Å². The van der Waals surface area contributed by atoms with Crippen molar-refractivity contribution in [3.8, 4) is 5.75 Å². The summed E-state index contributed by atoms with van der Waals surface area (Å²) in [5, 5.41) is 0. The molecule has 0 aliphatic heterocycles. The highest BCUT2D eigenvalue weighted by atomic mass is 31.2. The van der Waals surface area contributed by atoms with Crippen LogP contribution in [0.1, 0.15) is 51.9 Å². The Bertz CT molecular complexity index is 579. The Morgan fingerprint density at radius 1 is 0.808 bits per heavy atom. The van der Waals surface area contributed by atoms with Gasteiger partial charge in [0.1, 0.15) is 5.75 Å². The standard InChI is InChI=1S/C19H34N3O3P/c1-7-20(8-2)19(23)17-13-15-18(16-14-17)25-26(24,21(9-3)10-4)22(11-5)12-6/h13-16H,7-12H2,1-6H3. The van der Waals surface area contributed by atoms with E-state index < -0.39 is 7.67 Å². The van der Waals surface area contributed by atoms with E-state index in [0.717, 1.165) is 0 Å². The smallest absolute Gasteiger partial charge is 0.395 e. The van der Waals surface area contributed by atoms with Crippen LogP contribution in [0.25, 0.3) is 0 Å². The van der Waals surface area contributed by atoms with Crippen molar-refractivity contribution in [2.45, 2.75) is 41.5 Å². The van der Waals surface area contributed by atoms with Crippen molar-refractivity contribution in [3.63, 3.8) is 0 Å². The molecule has 6 nitrogen and oxygen atoms in total. The Labute approximate surface area is 158 Å². The van der Waals surface area contributed by atoms with Gasteiger partial charge < -0.3 is 9.42 Å². The lowest BCUT2D eigenvalue weighted by molar-refractivity contribution is 0.0773. The van der Waals surface area contributed by atoms with Crippen molar-refractivity contribution >= 4 is 13.6 Å². The van der Waals surface area contributed by atoms with Gasteiger partial charge in [0.2, 0.25) is 0 Å². The molecule has 0 heterocycles. The number of hydrogen-bond acceptors (Lipinski definition) is 3. The second-order valence-corrected chi connectivity index (χ2v) is 8.16. The third-order valence-electron chi connectivity index (χ3n) is 4.55. The third kappa shape index (κ3) is 5.09. The fourth-order valence-electron chi connectivity index (χ4n) is 2.95.